The third-order valence-electron chi connectivity index (χ3n) is 3.52. The van der Waals surface area contributed by atoms with Gasteiger partial charge in [0.1, 0.15) is 5.82 Å². The van der Waals surface area contributed by atoms with Gasteiger partial charge >= 0.3 is 0 Å². The van der Waals surface area contributed by atoms with Gasteiger partial charge in [-0.25, -0.2) is 9.07 Å². The fraction of sp³-hybridized carbons (Fsp3) is 0.118. The summed E-state index contributed by atoms with van der Waals surface area (Å²) in [6.45, 7) is 1.81. The summed E-state index contributed by atoms with van der Waals surface area (Å²) in [6.07, 6.45) is 0. The second kappa shape index (κ2) is 5.50. The Morgan fingerprint density at radius 1 is 1.05 bits per heavy atom. The first-order chi connectivity index (χ1) is 10.2. The van der Waals surface area contributed by atoms with Crippen molar-refractivity contribution in [2.45, 2.75) is 13.5 Å². The van der Waals surface area contributed by atoms with Crippen LogP contribution < -0.4 is 0 Å². The zero-order valence-electron chi connectivity index (χ0n) is 11.6. The quantitative estimate of drug-likeness (QED) is 0.798. The van der Waals surface area contributed by atoms with Crippen LogP contribution in [0.25, 0.3) is 16.9 Å². The summed E-state index contributed by atoms with van der Waals surface area (Å²) in [4.78, 5) is 0. The van der Waals surface area contributed by atoms with Crippen molar-refractivity contribution in [3.8, 4) is 16.9 Å². The molecule has 1 aromatic heterocycles. The summed E-state index contributed by atoms with van der Waals surface area (Å²) in [7, 11) is 0. The van der Waals surface area contributed by atoms with Crippen molar-refractivity contribution < 1.29 is 9.50 Å². The summed E-state index contributed by atoms with van der Waals surface area (Å²) in [5, 5.41) is 14.2. The van der Waals surface area contributed by atoms with Crippen LogP contribution in [0.2, 0.25) is 0 Å². The first-order valence-corrected chi connectivity index (χ1v) is 6.71. The molecule has 0 atom stereocenters. The minimum Gasteiger partial charge on any atom is -0.392 e. The van der Waals surface area contributed by atoms with Crippen LogP contribution in [0.4, 0.5) is 4.39 Å². The Hall–Kier alpha value is -2.46. The van der Waals surface area contributed by atoms with Crippen molar-refractivity contribution >= 4 is 0 Å². The molecule has 3 aromatic rings. The molecule has 0 saturated heterocycles. The summed E-state index contributed by atoms with van der Waals surface area (Å²) in [5.41, 5.74) is 4.10. The van der Waals surface area contributed by atoms with Gasteiger partial charge in [0.25, 0.3) is 0 Å². The van der Waals surface area contributed by atoms with E-state index in [1.54, 1.807) is 16.8 Å². The Bertz CT molecular complexity index is 748. The minimum atomic E-state index is -0.283. The lowest BCUT2D eigenvalue weighted by Crippen LogP contribution is -1.99. The lowest BCUT2D eigenvalue weighted by molar-refractivity contribution is 0.281. The van der Waals surface area contributed by atoms with Gasteiger partial charge in [0, 0.05) is 16.8 Å². The Morgan fingerprint density at radius 2 is 1.71 bits per heavy atom. The van der Waals surface area contributed by atoms with Gasteiger partial charge in [0.2, 0.25) is 0 Å². The molecule has 1 N–H and O–H groups in total. The molecule has 0 saturated carbocycles. The van der Waals surface area contributed by atoms with Crippen molar-refractivity contribution in [3.63, 3.8) is 0 Å². The number of aliphatic hydroxyl groups is 1. The first-order valence-electron chi connectivity index (χ1n) is 6.71. The molecular weight excluding hydrogens is 267 g/mol. The molecule has 0 aliphatic rings. The van der Waals surface area contributed by atoms with E-state index in [1.165, 1.54) is 12.1 Å². The third-order valence-corrected chi connectivity index (χ3v) is 3.52. The molecule has 3 rings (SSSR count). The topological polar surface area (TPSA) is 38.1 Å². The molecule has 0 amide bonds. The van der Waals surface area contributed by atoms with Crippen molar-refractivity contribution in [1.29, 1.82) is 0 Å². The number of hydrogen-bond acceptors (Lipinski definition) is 2. The average Bonchev–Trinajstić information content (AvgIpc) is 2.86. The Labute approximate surface area is 122 Å². The monoisotopic (exact) mass is 282 g/mol. The van der Waals surface area contributed by atoms with Crippen molar-refractivity contribution in [1.82, 2.24) is 9.78 Å². The van der Waals surface area contributed by atoms with Gasteiger partial charge in [-0.1, -0.05) is 30.3 Å². The van der Waals surface area contributed by atoms with E-state index in [-0.39, 0.29) is 12.4 Å². The molecular formula is C17H15FN2O. The van der Waals surface area contributed by atoms with Crippen LogP contribution in [0.15, 0.2) is 54.6 Å². The van der Waals surface area contributed by atoms with E-state index in [0.717, 1.165) is 28.2 Å². The van der Waals surface area contributed by atoms with Gasteiger partial charge in [-0.15, -0.1) is 0 Å². The van der Waals surface area contributed by atoms with Gasteiger partial charge in [-0.3, -0.25) is 0 Å². The SMILES string of the molecule is Cc1c(CO)c(-c2ccccc2)nn1-c1ccc(F)cc1. The van der Waals surface area contributed by atoms with E-state index < -0.39 is 0 Å². The number of halogens is 1. The third kappa shape index (κ3) is 2.45. The Balaban J connectivity index is 2.16. The van der Waals surface area contributed by atoms with Gasteiger partial charge in [0.15, 0.2) is 0 Å². The fourth-order valence-electron chi connectivity index (χ4n) is 2.39. The van der Waals surface area contributed by atoms with Crippen LogP contribution in [0.3, 0.4) is 0 Å². The maximum absolute atomic E-state index is 13.0. The number of aliphatic hydroxyl groups excluding tert-OH is 1. The highest BCUT2D eigenvalue weighted by Gasteiger charge is 2.16. The number of rotatable bonds is 3. The van der Waals surface area contributed by atoms with E-state index in [2.05, 4.69) is 5.10 Å². The predicted octanol–water partition coefficient (Wildman–Crippen LogP) is 3.48. The Morgan fingerprint density at radius 3 is 2.33 bits per heavy atom. The van der Waals surface area contributed by atoms with Crippen LogP contribution in [0.5, 0.6) is 0 Å². The molecule has 21 heavy (non-hydrogen) atoms. The van der Waals surface area contributed by atoms with Crippen LogP contribution in [-0.2, 0) is 6.61 Å². The second-order valence-electron chi connectivity index (χ2n) is 4.82. The van der Waals surface area contributed by atoms with Crippen molar-refractivity contribution in [3.05, 3.63) is 71.7 Å². The number of aromatic nitrogens is 2. The predicted molar refractivity (Wildman–Crippen MR) is 79.6 cm³/mol. The molecule has 0 aliphatic heterocycles. The minimum absolute atomic E-state index is 0.0861. The van der Waals surface area contributed by atoms with Gasteiger partial charge in [-0.05, 0) is 31.2 Å². The van der Waals surface area contributed by atoms with E-state index in [1.807, 2.05) is 37.3 Å². The van der Waals surface area contributed by atoms with Crippen LogP contribution in [-0.4, -0.2) is 14.9 Å². The molecule has 0 bridgehead atoms. The number of hydrogen-bond donors (Lipinski definition) is 1. The van der Waals surface area contributed by atoms with Crippen LogP contribution in [0, 0.1) is 12.7 Å². The summed E-state index contributed by atoms with van der Waals surface area (Å²) >= 11 is 0. The fourth-order valence-corrected chi connectivity index (χ4v) is 2.39. The van der Waals surface area contributed by atoms with E-state index in [0.29, 0.717) is 0 Å². The molecule has 2 aromatic carbocycles. The zero-order valence-corrected chi connectivity index (χ0v) is 11.6. The van der Waals surface area contributed by atoms with Gasteiger partial charge in [-0.2, -0.15) is 5.10 Å². The molecule has 0 unspecified atom stereocenters. The Kier molecular flexibility index (Phi) is 3.54. The highest BCUT2D eigenvalue weighted by Crippen LogP contribution is 2.27. The normalized spacial score (nSPS) is 10.8. The second-order valence-corrected chi connectivity index (χ2v) is 4.82. The molecule has 0 fully saturated rings. The summed E-state index contributed by atoms with van der Waals surface area (Å²) < 4.78 is 14.8. The van der Waals surface area contributed by atoms with E-state index >= 15 is 0 Å². The molecule has 0 radical (unpaired) electrons. The van der Waals surface area contributed by atoms with E-state index in [4.69, 9.17) is 0 Å². The molecule has 3 nitrogen and oxygen atoms in total. The average molecular weight is 282 g/mol. The van der Waals surface area contributed by atoms with E-state index in [9.17, 15) is 9.50 Å². The zero-order chi connectivity index (χ0) is 14.8. The highest BCUT2D eigenvalue weighted by atomic mass is 19.1. The lowest BCUT2D eigenvalue weighted by atomic mass is 10.1. The first kappa shape index (κ1) is 13.5. The van der Waals surface area contributed by atoms with Gasteiger partial charge < -0.3 is 5.11 Å². The van der Waals surface area contributed by atoms with Crippen molar-refractivity contribution in [2.75, 3.05) is 0 Å². The molecule has 1 heterocycles. The number of benzene rings is 2. The van der Waals surface area contributed by atoms with Crippen LogP contribution in [0.1, 0.15) is 11.3 Å². The molecule has 0 aliphatic carbocycles. The lowest BCUT2D eigenvalue weighted by Gasteiger charge is -2.04. The molecule has 106 valence electrons. The summed E-state index contributed by atoms with van der Waals surface area (Å²) in [6, 6.07) is 15.9. The standard InChI is InChI=1S/C17H15FN2O/c1-12-16(11-21)17(13-5-3-2-4-6-13)19-20(12)15-9-7-14(18)8-10-15/h2-10,21H,11H2,1H3. The van der Waals surface area contributed by atoms with Crippen LogP contribution >= 0.6 is 0 Å². The van der Waals surface area contributed by atoms with Gasteiger partial charge in [0.05, 0.1) is 18.0 Å². The maximum atomic E-state index is 13.0. The summed E-state index contributed by atoms with van der Waals surface area (Å²) in [5.74, 6) is -0.283. The smallest absolute Gasteiger partial charge is 0.123 e. The largest absolute Gasteiger partial charge is 0.392 e. The van der Waals surface area contributed by atoms with Crippen molar-refractivity contribution in [2.24, 2.45) is 0 Å². The number of nitrogens with zero attached hydrogens (tertiary/aromatic N) is 2. The maximum Gasteiger partial charge on any atom is 0.123 e. The molecule has 0 spiro atoms. The molecule has 4 heteroatoms. The highest BCUT2D eigenvalue weighted by molar-refractivity contribution is 5.64.